The standard InChI is InChI=1S/C12H17NO2/c1-4-9(3)12(15)13-10-6-5-8(2)7-11(10)14/h5-7,9,14H,4H2,1-3H3,(H,13,15). The van der Waals surface area contributed by atoms with Gasteiger partial charge in [0.25, 0.3) is 0 Å². The first-order valence-corrected chi connectivity index (χ1v) is 5.15. The Labute approximate surface area is 90.1 Å². The smallest absolute Gasteiger partial charge is 0.227 e. The van der Waals surface area contributed by atoms with Gasteiger partial charge in [0.1, 0.15) is 5.75 Å². The van der Waals surface area contributed by atoms with Crippen LogP contribution in [-0.4, -0.2) is 11.0 Å². The second-order valence-corrected chi connectivity index (χ2v) is 3.82. The molecule has 0 saturated heterocycles. The lowest BCUT2D eigenvalue weighted by atomic mass is 10.1. The molecule has 0 spiro atoms. The van der Waals surface area contributed by atoms with Crippen molar-refractivity contribution in [2.75, 3.05) is 5.32 Å². The summed E-state index contributed by atoms with van der Waals surface area (Å²) in [5, 5.41) is 12.3. The van der Waals surface area contributed by atoms with Gasteiger partial charge in [0.2, 0.25) is 5.91 Å². The van der Waals surface area contributed by atoms with Gasteiger partial charge in [0, 0.05) is 5.92 Å². The highest BCUT2D eigenvalue weighted by Crippen LogP contribution is 2.24. The third-order valence-corrected chi connectivity index (χ3v) is 2.47. The maximum absolute atomic E-state index is 11.6. The Hall–Kier alpha value is -1.51. The first-order valence-electron chi connectivity index (χ1n) is 5.15. The molecule has 1 aromatic carbocycles. The lowest BCUT2D eigenvalue weighted by Gasteiger charge is -2.11. The first kappa shape index (κ1) is 11.6. The first-order chi connectivity index (χ1) is 7.04. The van der Waals surface area contributed by atoms with Crippen molar-refractivity contribution in [3.05, 3.63) is 23.8 Å². The Bertz CT molecular complexity index is 361. The molecule has 0 aliphatic carbocycles. The number of hydrogen-bond donors (Lipinski definition) is 2. The van der Waals surface area contributed by atoms with Crippen LogP contribution < -0.4 is 5.32 Å². The predicted octanol–water partition coefficient (Wildman–Crippen LogP) is 2.69. The Balaban J connectivity index is 2.77. The number of aromatic hydroxyl groups is 1. The van der Waals surface area contributed by atoms with Crippen molar-refractivity contribution in [2.45, 2.75) is 27.2 Å². The largest absolute Gasteiger partial charge is 0.506 e. The SMILES string of the molecule is CCC(C)C(=O)Nc1ccc(C)cc1O. The molecule has 1 amide bonds. The Morgan fingerprint density at radius 1 is 1.53 bits per heavy atom. The van der Waals surface area contributed by atoms with Crippen molar-refractivity contribution < 1.29 is 9.90 Å². The lowest BCUT2D eigenvalue weighted by molar-refractivity contribution is -0.119. The summed E-state index contributed by atoms with van der Waals surface area (Å²) in [5.74, 6) is 0.0222. The summed E-state index contributed by atoms with van der Waals surface area (Å²) >= 11 is 0. The number of phenolic OH excluding ortho intramolecular Hbond substituents is 1. The molecule has 0 aromatic heterocycles. The van der Waals surface area contributed by atoms with Crippen LogP contribution in [0.15, 0.2) is 18.2 Å². The van der Waals surface area contributed by atoms with Crippen molar-refractivity contribution in [2.24, 2.45) is 5.92 Å². The molecule has 1 aromatic rings. The molecule has 3 heteroatoms. The summed E-state index contributed by atoms with van der Waals surface area (Å²) in [6.07, 6.45) is 0.790. The summed E-state index contributed by atoms with van der Waals surface area (Å²) in [4.78, 5) is 11.6. The number of carbonyl (C=O) groups is 1. The van der Waals surface area contributed by atoms with E-state index in [-0.39, 0.29) is 17.6 Å². The molecule has 3 nitrogen and oxygen atoms in total. The highest BCUT2D eigenvalue weighted by Gasteiger charge is 2.12. The van der Waals surface area contributed by atoms with Crippen molar-refractivity contribution in [1.29, 1.82) is 0 Å². The number of benzene rings is 1. The number of anilines is 1. The van der Waals surface area contributed by atoms with E-state index in [9.17, 15) is 9.90 Å². The van der Waals surface area contributed by atoms with Gasteiger partial charge in [-0.2, -0.15) is 0 Å². The van der Waals surface area contributed by atoms with Gasteiger partial charge in [-0.3, -0.25) is 4.79 Å². The molecule has 0 saturated carbocycles. The van der Waals surface area contributed by atoms with Crippen LogP contribution in [0.3, 0.4) is 0 Å². The highest BCUT2D eigenvalue weighted by atomic mass is 16.3. The number of rotatable bonds is 3. The van der Waals surface area contributed by atoms with Crippen LogP contribution in [0.5, 0.6) is 5.75 Å². The number of phenols is 1. The zero-order valence-corrected chi connectivity index (χ0v) is 9.37. The molecule has 1 unspecified atom stereocenters. The fraction of sp³-hybridized carbons (Fsp3) is 0.417. The van der Waals surface area contributed by atoms with E-state index in [1.807, 2.05) is 26.8 Å². The predicted molar refractivity (Wildman–Crippen MR) is 60.9 cm³/mol. The second-order valence-electron chi connectivity index (χ2n) is 3.82. The van der Waals surface area contributed by atoms with E-state index in [0.29, 0.717) is 5.69 Å². The van der Waals surface area contributed by atoms with Crippen LogP contribution in [-0.2, 0) is 4.79 Å². The maximum atomic E-state index is 11.6. The normalized spacial score (nSPS) is 12.2. The summed E-state index contributed by atoms with van der Waals surface area (Å²) in [7, 11) is 0. The van der Waals surface area contributed by atoms with Gasteiger partial charge in [-0.15, -0.1) is 0 Å². The van der Waals surface area contributed by atoms with Crippen molar-refractivity contribution in [3.8, 4) is 5.75 Å². The van der Waals surface area contributed by atoms with E-state index >= 15 is 0 Å². The molecule has 0 aliphatic heterocycles. The van der Waals surface area contributed by atoms with Crippen molar-refractivity contribution >= 4 is 11.6 Å². The zero-order chi connectivity index (χ0) is 11.4. The van der Waals surface area contributed by atoms with E-state index in [0.717, 1.165) is 12.0 Å². The van der Waals surface area contributed by atoms with Gasteiger partial charge in [-0.05, 0) is 31.0 Å². The minimum absolute atomic E-state index is 0.0364. The molecule has 0 bridgehead atoms. The van der Waals surface area contributed by atoms with Gasteiger partial charge < -0.3 is 10.4 Å². The molecular formula is C12H17NO2. The molecule has 0 aliphatic rings. The topological polar surface area (TPSA) is 49.3 Å². The Morgan fingerprint density at radius 3 is 2.73 bits per heavy atom. The number of aryl methyl sites for hydroxylation is 1. The quantitative estimate of drug-likeness (QED) is 0.749. The summed E-state index contributed by atoms with van der Waals surface area (Å²) in [6, 6.07) is 5.20. The lowest BCUT2D eigenvalue weighted by Crippen LogP contribution is -2.19. The molecule has 82 valence electrons. The maximum Gasteiger partial charge on any atom is 0.227 e. The highest BCUT2D eigenvalue weighted by molar-refractivity contribution is 5.93. The van der Waals surface area contributed by atoms with Crippen LogP contribution in [0.1, 0.15) is 25.8 Å². The molecule has 1 atom stereocenters. The third-order valence-electron chi connectivity index (χ3n) is 2.47. The summed E-state index contributed by atoms with van der Waals surface area (Å²) in [5.41, 5.74) is 1.44. The molecule has 1 rings (SSSR count). The summed E-state index contributed by atoms with van der Waals surface area (Å²) in [6.45, 7) is 5.71. The minimum atomic E-state index is -0.0587. The average molecular weight is 207 g/mol. The Morgan fingerprint density at radius 2 is 2.20 bits per heavy atom. The number of amides is 1. The van der Waals surface area contributed by atoms with E-state index < -0.39 is 0 Å². The monoisotopic (exact) mass is 207 g/mol. The number of carbonyl (C=O) groups excluding carboxylic acids is 1. The fourth-order valence-electron chi connectivity index (χ4n) is 1.19. The molecular weight excluding hydrogens is 190 g/mol. The van der Waals surface area contributed by atoms with Crippen LogP contribution in [0.4, 0.5) is 5.69 Å². The Kier molecular flexibility index (Phi) is 3.72. The van der Waals surface area contributed by atoms with E-state index in [1.54, 1.807) is 12.1 Å². The fourth-order valence-corrected chi connectivity index (χ4v) is 1.19. The molecule has 2 N–H and O–H groups in total. The van der Waals surface area contributed by atoms with Crippen LogP contribution in [0.2, 0.25) is 0 Å². The van der Waals surface area contributed by atoms with Crippen molar-refractivity contribution in [1.82, 2.24) is 0 Å². The van der Waals surface area contributed by atoms with E-state index in [4.69, 9.17) is 0 Å². The molecule has 0 heterocycles. The van der Waals surface area contributed by atoms with Gasteiger partial charge in [-0.1, -0.05) is 19.9 Å². The van der Waals surface area contributed by atoms with Gasteiger partial charge in [0.05, 0.1) is 5.69 Å². The van der Waals surface area contributed by atoms with Gasteiger partial charge in [-0.25, -0.2) is 0 Å². The second kappa shape index (κ2) is 4.82. The van der Waals surface area contributed by atoms with Crippen LogP contribution in [0.25, 0.3) is 0 Å². The van der Waals surface area contributed by atoms with Crippen molar-refractivity contribution in [3.63, 3.8) is 0 Å². The number of nitrogens with one attached hydrogen (secondary N) is 1. The summed E-state index contributed by atoms with van der Waals surface area (Å²) < 4.78 is 0. The molecule has 0 radical (unpaired) electrons. The van der Waals surface area contributed by atoms with Gasteiger partial charge in [0.15, 0.2) is 0 Å². The van der Waals surface area contributed by atoms with Crippen LogP contribution >= 0.6 is 0 Å². The van der Waals surface area contributed by atoms with E-state index in [1.165, 1.54) is 0 Å². The minimum Gasteiger partial charge on any atom is -0.506 e. The van der Waals surface area contributed by atoms with Gasteiger partial charge >= 0.3 is 0 Å². The third kappa shape index (κ3) is 2.98. The molecule has 15 heavy (non-hydrogen) atoms. The van der Waals surface area contributed by atoms with E-state index in [2.05, 4.69) is 5.32 Å². The average Bonchev–Trinajstić information content (AvgIpc) is 2.20. The van der Waals surface area contributed by atoms with Crippen LogP contribution in [0, 0.1) is 12.8 Å². The molecule has 0 fully saturated rings. The number of hydrogen-bond acceptors (Lipinski definition) is 2. The zero-order valence-electron chi connectivity index (χ0n) is 9.37.